The third-order valence-electron chi connectivity index (χ3n) is 4.41. The summed E-state index contributed by atoms with van der Waals surface area (Å²) in [6.07, 6.45) is 1.53. The van der Waals surface area contributed by atoms with Crippen LogP contribution < -0.4 is 5.32 Å². The average molecular weight is 363 g/mol. The maximum absolute atomic E-state index is 12.3. The smallest absolute Gasteiger partial charge is 0.254 e. The van der Waals surface area contributed by atoms with Crippen LogP contribution in [0, 0.1) is 0 Å². The molecule has 25 heavy (non-hydrogen) atoms. The summed E-state index contributed by atoms with van der Waals surface area (Å²) in [6.45, 7) is 6.61. The van der Waals surface area contributed by atoms with Gasteiger partial charge in [0.15, 0.2) is 0 Å². The lowest BCUT2D eigenvalue weighted by atomic mass is 10.0. The van der Waals surface area contributed by atoms with E-state index in [1.165, 1.54) is 6.26 Å². The molecule has 134 valence electrons. The molecule has 0 spiro atoms. The number of amides is 1. The molecule has 0 aliphatic carbocycles. The standard InChI is InChI=1S/C19H23ClN2O3/c1-14(15-2-4-17(20)5-3-15)11-21-19(23)16-10-18(25-13-16)12-22-6-8-24-9-7-22/h2-5,10,13-14H,6-9,11-12H2,1H3,(H,21,23)/t14-/m1/s1. The summed E-state index contributed by atoms with van der Waals surface area (Å²) < 4.78 is 10.9. The molecule has 0 bridgehead atoms. The van der Waals surface area contributed by atoms with Gasteiger partial charge >= 0.3 is 0 Å². The van der Waals surface area contributed by atoms with Crippen LogP contribution in [0.3, 0.4) is 0 Å². The molecule has 2 aromatic rings. The minimum absolute atomic E-state index is 0.113. The van der Waals surface area contributed by atoms with Crippen molar-refractivity contribution in [2.45, 2.75) is 19.4 Å². The van der Waals surface area contributed by atoms with Gasteiger partial charge in [-0.05, 0) is 29.7 Å². The molecular weight excluding hydrogens is 340 g/mol. The van der Waals surface area contributed by atoms with Crippen LogP contribution >= 0.6 is 11.6 Å². The van der Waals surface area contributed by atoms with Gasteiger partial charge in [0, 0.05) is 24.7 Å². The minimum atomic E-state index is -0.113. The van der Waals surface area contributed by atoms with Gasteiger partial charge in [0.1, 0.15) is 12.0 Å². The molecule has 0 saturated carbocycles. The van der Waals surface area contributed by atoms with E-state index >= 15 is 0 Å². The van der Waals surface area contributed by atoms with E-state index in [-0.39, 0.29) is 11.8 Å². The van der Waals surface area contributed by atoms with Gasteiger partial charge in [0.05, 0.1) is 25.3 Å². The maximum atomic E-state index is 12.3. The Bertz CT molecular complexity index is 693. The number of halogens is 1. The highest BCUT2D eigenvalue weighted by Gasteiger charge is 2.16. The molecule has 1 amide bonds. The summed E-state index contributed by atoms with van der Waals surface area (Å²) in [4.78, 5) is 14.6. The van der Waals surface area contributed by atoms with E-state index in [4.69, 9.17) is 20.8 Å². The van der Waals surface area contributed by atoms with E-state index in [0.717, 1.165) is 37.6 Å². The molecule has 1 aliphatic heterocycles. The van der Waals surface area contributed by atoms with Crippen LogP contribution in [-0.2, 0) is 11.3 Å². The largest absolute Gasteiger partial charge is 0.467 e. The monoisotopic (exact) mass is 362 g/mol. The molecule has 6 heteroatoms. The Morgan fingerprint density at radius 3 is 2.72 bits per heavy atom. The van der Waals surface area contributed by atoms with E-state index in [9.17, 15) is 4.79 Å². The van der Waals surface area contributed by atoms with Gasteiger partial charge in [0.2, 0.25) is 0 Å². The number of benzene rings is 1. The SMILES string of the molecule is C[C@H](CNC(=O)c1coc(CN2CCOCC2)c1)c1ccc(Cl)cc1. The predicted octanol–water partition coefficient (Wildman–Crippen LogP) is 3.30. The second kappa shape index (κ2) is 8.52. The zero-order chi connectivity index (χ0) is 17.6. The summed E-state index contributed by atoms with van der Waals surface area (Å²) in [6, 6.07) is 9.51. The maximum Gasteiger partial charge on any atom is 0.254 e. The highest BCUT2D eigenvalue weighted by Crippen LogP contribution is 2.18. The van der Waals surface area contributed by atoms with Crippen molar-refractivity contribution < 1.29 is 13.9 Å². The second-order valence-corrected chi connectivity index (χ2v) is 6.79. The van der Waals surface area contributed by atoms with Crippen LogP contribution in [0.15, 0.2) is 41.0 Å². The molecule has 1 atom stereocenters. The Hall–Kier alpha value is -1.82. The quantitative estimate of drug-likeness (QED) is 0.856. The van der Waals surface area contributed by atoms with Gasteiger partial charge in [-0.15, -0.1) is 0 Å². The van der Waals surface area contributed by atoms with Crippen LogP contribution in [0.25, 0.3) is 0 Å². The van der Waals surface area contributed by atoms with Crippen molar-refractivity contribution >= 4 is 17.5 Å². The highest BCUT2D eigenvalue weighted by atomic mass is 35.5. The summed E-state index contributed by atoms with van der Waals surface area (Å²) in [5.41, 5.74) is 1.71. The van der Waals surface area contributed by atoms with Crippen molar-refractivity contribution in [3.8, 4) is 0 Å². The number of furan rings is 1. The van der Waals surface area contributed by atoms with Crippen LogP contribution in [0.4, 0.5) is 0 Å². The zero-order valence-corrected chi connectivity index (χ0v) is 15.1. The highest BCUT2D eigenvalue weighted by molar-refractivity contribution is 6.30. The topological polar surface area (TPSA) is 54.7 Å². The Balaban J connectivity index is 1.50. The molecule has 1 N–H and O–H groups in total. The molecule has 2 heterocycles. The fraction of sp³-hybridized carbons (Fsp3) is 0.421. The van der Waals surface area contributed by atoms with Crippen LogP contribution in [-0.4, -0.2) is 43.7 Å². The van der Waals surface area contributed by atoms with E-state index in [2.05, 4.69) is 17.1 Å². The molecule has 1 fully saturated rings. The van der Waals surface area contributed by atoms with E-state index < -0.39 is 0 Å². The van der Waals surface area contributed by atoms with Crippen LogP contribution in [0.5, 0.6) is 0 Å². The van der Waals surface area contributed by atoms with Gasteiger partial charge in [-0.3, -0.25) is 9.69 Å². The number of nitrogens with one attached hydrogen (secondary N) is 1. The van der Waals surface area contributed by atoms with Crippen molar-refractivity contribution in [1.82, 2.24) is 10.2 Å². The number of morpholine rings is 1. The summed E-state index contributed by atoms with van der Waals surface area (Å²) in [5, 5.41) is 3.68. The number of rotatable bonds is 6. The third kappa shape index (κ3) is 5.08. The Labute approximate surface area is 152 Å². The Kier molecular flexibility index (Phi) is 6.13. The Morgan fingerprint density at radius 1 is 1.28 bits per heavy atom. The molecule has 1 aliphatic rings. The first kappa shape index (κ1) is 18.0. The van der Waals surface area contributed by atoms with Crippen molar-refractivity contribution in [2.75, 3.05) is 32.8 Å². The van der Waals surface area contributed by atoms with Crippen molar-refractivity contribution in [1.29, 1.82) is 0 Å². The lowest BCUT2D eigenvalue weighted by molar-refractivity contribution is 0.0313. The first-order valence-electron chi connectivity index (χ1n) is 8.53. The Morgan fingerprint density at radius 2 is 2.00 bits per heavy atom. The van der Waals surface area contributed by atoms with Gasteiger partial charge in [-0.25, -0.2) is 0 Å². The number of carbonyl (C=O) groups excluding carboxylic acids is 1. The van der Waals surface area contributed by atoms with Gasteiger partial charge in [0.25, 0.3) is 5.91 Å². The number of hydrogen-bond acceptors (Lipinski definition) is 4. The number of ether oxygens (including phenoxy) is 1. The zero-order valence-electron chi connectivity index (χ0n) is 14.3. The number of carbonyl (C=O) groups is 1. The average Bonchev–Trinajstić information content (AvgIpc) is 3.09. The van der Waals surface area contributed by atoms with Gasteiger partial charge in [-0.1, -0.05) is 30.7 Å². The third-order valence-corrected chi connectivity index (χ3v) is 4.66. The van der Waals surface area contributed by atoms with Crippen molar-refractivity contribution in [3.05, 3.63) is 58.5 Å². The number of hydrogen-bond donors (Lipinski definition) is 1. The molecule has 1 aromatic heterocycles. The molecule has 1 aromatic carbocycles. The molecule has 0 radical (unpaired) electrons. The molecular formula is C19H23ClN2O3. The normalized spacial score (nSPS) is 16.6. The van der Waals surface area contributed by atoms with Gasteiger partial charge < -0.3 is 14.5 Å². The predicted molar refractivity (Wildman–Crippen MR) is 97.0 cm³/mol. The summed E-state index contributed by atoms with van der Waals surface area (Å²) in [5.74, 6) is 0.900. The lowest BCUT2D eigenvalue weighted by Gasteiger charge is -2.25. The van der Waals surface area contributed by atoms with E-state index in [1.807, 2.05) is 30.3 Å². The van der Waals surface area contributed by atoms with Gasteiger partial charge in [-0.2, -0.15) is 0 Å². The van der Waals surface area contributed by atoms with Crippen LogP contribution in [0.1, 0.15) is 34.5 Å². The minimum Gasteiger partial charge on any atom is -0.467 e. The fourth-order valence-electron chi connectivity index (χ4n) is 2.82. The van der Waals surface area contributed by atoms with Crippen molar-refractivity contribution in [2.24, 2.45) is 0 Å². The molecule has 3 rings (SSSR count). The van der Waals surface area contributed by atoms with E-state index in [1.54, 1.807) is 0 Å². The van der Waals surface area contributed by atoms with Crippen molar-refractivity contribution in [3.63, 3.8) is 0 Å². The first-order valence-corrected chi connectivity index (χ1v) is 8.91. The summed E-state index contributed by atoms with van der Waals surface area (Å²) in [7, 11) is 0. The lowest BCUT2D eigenvalue weighted by Crippen LogP contribution is -2.35. The fourth-order valence-corrected chi connectivity index (χ4v) is 2.95. The second-order valence-electron chi connectivity index (χ2n) is 6.35. The molecule has 1 saturated heterocycles. The van der Waals surface area contributed by atoms with E-state index in [0.29, 0.717) is 23.7 Å². The summed E-state index contributed by atoms with van der Waals surface area (Å²) >= 11 is 5.91. The van der Waals surface area contributed by atoms with Crippen LogP contribution in [0.2, 0.25) is 5.02 Å². The first-order chi connectivity index (χ1) is 12.1. The number of nitrogens with zero attached hydrogens (tertiary/aromatic N) is 1. The molecule has 0 unspecified atom stereocenters. The molecule has 5 nitrogen and oxygen atoms in total.